The number of thiophene rings is 1. The van der Waals surface area contributed by atoms with E-state index in [0.717, 1.165) is 10.1 Å². The largest absolute Gasteiger partial charge is 0.207 e. The Hall–Kier alpha value is -1.19. The summed E-state index contributed by atoms with van der Waals surface area (Å²) in [6.45, 7) is 0. The van der Waals surface area contributed by atoms with Gasteiger partial charge >= 0.3 is 0 Å². The fourth-order valence-corrected chi connectivity index (χ4v) is 4.86. The highest BCUT2D eigenvalue weighted by Crippen LogP contribution is 2.39. The molecule has 1 atom stereocenters. The van der Waals surface area contributed by atoms with Crippen molar-refractivity contribution in [2.75, 3.05) is 0 Å². The first kappa shape index (κ1) is 13.5. The highest BCUT2D eigenvalue weighted by atomic mass is 79.9. The van der Waals surface area contributed by atoms with Gasteiger partial charge in [0, 0.05) is 9.58 Å². The Morgan fingerprint density at radius 3 is 2.76 bits per heavy atom. The molecule has 0 bridgehead atoms. The Morgan fingerprint density at radius 2 is 1.86 bits per heavy atom. The van der Waals surface area contributed by atoms with Gasteiger partial charge < -0.3 is 0 Å². The predicted octanol–water partition coefficient (Wildman–Crippen LogP) is 6.01. The summed E-state index contributed by atoms with van der Waals surface area (Å²) in [7, 11) is 0. The molecule has 0 aliphatic heterocycles. The molecular formula is C18H14BrFS. The lowest BCUT2D eigenvalue weighted by Crippen LogP contribution is -1.92. The molecule has 0 N–H and O–H groups in total. The summed E-state index contributed by atoms with van der Waals surface area (Å²) in [5, 5.41) is 1.11. The van der Waals surface area contributed by atoms with Crippen molar-refractivity contribution in [3.63, 3.8) is 0 Å². The van der Waals surface area contributed by atoms with Gasteiger partial charge in [0.05, 0.1) is 4.83 Å². The lowest BCUT2D eigenvalue weighted by molar-refractivity contribution is 0.630. The zero-order chi connectivity index (χ0) is 14.4. The van der Waals surface area contributed by atoms with E-state index in [2.05, 4.69) is 40.2 Å². The first-order valence-electron chi connectivity index (χ1n) is 7.15. The second kappa shape index (κ2) is 5.22. The van der Waals surface area contributed by atoms with Crippen LogP contribution in [0, 0.1) is 5.82 Å². The lowest BCUT2D eigenvalue weighted by Gasteiger charge is -2.10. The van der Waals surface area contributed by atoms with E-state index in [-0.39, 0.29) is 10.6 Å². The van der Waals surface area contributed by atoms with Crippen molar-refractivity contribution in [3.8, 4) is 0 Å². The van der Waals surface area contributed by atoms with E-state index in [9.17, 15) is 4.39 Å². The van der Waals surface area contributed by atoms with Crippen molar-refractivity contribution in [3.05, 3.63) is 69.8 Å². The molecule has 0 spiro atoms. The zero-order valence-electron chi connectivity index (χ0n) is 11.4. The summed E-state index contributed by atoms with van der Waals surface area (Å²) in [6, 6.07) is 14.0. The van der Waals surface area contributed by atoms with E-state index in [4.69, 9.17) is 0 Å². The minimum Gasteiger partial charge on any atom is -0.207 e. The maximum Gasteiger partial charge on any atom is 0.124 e. The van der Waals surface area contributed by atoms with Crippen molar-refractivity contribution in [2.45, 2.75) is 24.1 Å². The summed E-state index contributed by atoms with van der Waals surface area (Å²) < 4.78 is 14.3. The Morgan fingerprint density at radius 1 is 1.00 bits per heavy atom. The molecule has 1 heterocycles. The maximum atomic E-state index is 13.3. The zero-order valence-corrected chi connectivity index (χ0v) is 13.8. The van der Waals surface area contributed by atoms with Gasteiger partial charge in [-0.2, -0.15) is 0 Å². The van der Waals surface area contributed by atoms with Gasteiger partial charge in [-0.05, 0) is 59.5 Å². The average Bonchev–Trinajstić information content (AvgIpc) is 3.11. The van der Waals surface area contributed by atoms with E-state index in [1.165, 1.54) is 46.9 Å². The Bertz CT molecular complexity index is 821. The second-order valence-corrected chi connectivity index (χ2v) is 7.61. The molecule has 0 fully saturated rings. The Balaban J connectivity index is 1.73. The third-order valence-electron chi connectivity index (χ3n) is 4.17. The van der Waals surface area contributed by atoms with Crippen LogP contribution < -0.4 is 0 Å². The van der Waals surface area contributed by atoms with Gasteiger partial charge in [-0.25, -0.2) is 4.39 Å². The molecule has 3 aromatic rings. The molecule has 2 aromatic carbocycles. The van der Waals surface area contributed by atoms with E-state index >= 15 is 0 Å². The van der Waals surface area contributed by atoms with Crippen molar-refractivity contribution < 1.29 is 4.39 Å². The lowest BCUT2D eigenvalue weighted by atomic mass is 10.0. The number of alkyl halides is 1. The standard InChI is InChI=1S/C18H14BrFS/c19-18(14-5-4-11-2-1-3-12(11)8-14)17-9-13-6-7-15(20)10-16(13)21-17/h4-10,18H,1-3H2. The van der Waals surface area contributed by atoms with Crippen LogP contribution in [0.2, 0.25) is 0 Å². The molecule has 1 aliphatic rings. The Labute approximate surface area is 135 Å². The third kappa shape index (κ3) is 2.43. The first-order valence-corrected chi connectivity index (χ1v) is 8.89. The van der Waals surface area contributed by atoms with Crippen LogP contribution in [0.4, 0.5) is 4.39 Å². The van der Waals surface area contributed by atoms with Crippen molar-refractivity contribution >= 4 is 37.4 Å². The summed E-state index contributed by atoms with van der Waals surface area (Å²) in [5.41, 5.74) is 4.28. The number of halogens is 2. The molecule has 0 saturated heterocycles. The smallest absolute Gasteiger partial charge is 0.124 e. The van der Waals surface area contributed by atoms with Gasteiger partial charge in [0.1, 0.15) is 5.82 Å². The molecule has 21 heavy (non-hydrogen) atoms. The molecule has 3 heteroatoms. The van der Waals surface area contributed by atoms with Crippen LogP contribution in [0.3, 0.4) is 0 Å². The molecule has 0 saturated carbocycles. The molecule has 1 aromatic heterocycles. The van der Waals surface area contributed by atoms with E-state index in [1.807, 2.05) is 6.07 Å². The van der Waals surface area contributed by atoms with Gasteiger partial charge in [-0.3, -0.25) is 0 Å². The normalized spacial score (nSPS) is 15.3. The highest BCUT2D eigenvalue weighted by molar-refractivity contribution is 9.09. The molecule has 106 valence electrons. The monoisotopic (exact) mass is 360 g/mol. The van der Waals surface area contributed by atoms with Crippen molar-refractivity contribution in [1.29, 1.82) is 0 Å². The first-order chi connectivity index (χ1) is 10.2. The SMILES string of the molecule is Fc1ccc2cc(C(Br)c3ccc4c(c3)CCC4)sc2c1. The second-order valence-electron chi connectivity index (χ2n) is 5.58. The number of hydrogen-bond donors (Lipinski definition) is 0. The van der Waals surface area contributed by atoms with E-state index < -0.39 is 0 Å². The number of fused-ring (bicyclic) bond motifs is 2. The van der Waals surface area contributed by atoms with Gasteiger partial charge in [0.15, 0.2) is 0 Å². The van der Waals surface area contributed by atoms with Gasteiger partial charge in [-0.1, -0.05) is 40.2 Å². The van der Waals surface area contributed by atoms with Crippen LogP contribution in [0.5, 0.6) is 0 Å². The minimum absolute atomic E-state index is 0.167. The maximum absolute atomic E-state index is 13.3. The molecule has 4 rings (SSSR count). The number of aryl methyl sites for hydroxylation is 2. The fraction of sp³-hybridized carbons (Fsp3) is 0.222. The Kier molecular flexibility index (Phi) is 3.35. The molecule has 1 aliphatic carbocycles. The van der Waals surface area contributed by atoms with E-state index in [1.54, 1.807) is 17.4 Å². The molecule has 0 nitrogen and oxygen atoms in total. The van der Waals surface area contributed by atoms with Gasteiger partial charge in [-0.15, -0.1) is 11.3 Å². The topological polar surface area (TPSA) is 0 Å². The summed E-state index contributed by atoms with van der Waals surface area (Å²) >= 11 is 5.48. The van der Waals surface area contributed by atoms with E-state index in [0.29, 0.717) is 0 Å². The molecule has 1 unspecified atom stereocenters. The number of rotatable bonds is 2. The van der Waals surface area contributed by atoms with Crippen molar-refractivity contribution in [1.82, 2.24) is 0 Å². The van der Waals surface area contributed by atoms with Crippen LogP contribution in [0.1, 0.15) is 32.8 Å². The molecule has 0 amide bonds. The molecular weight excluding hydrogens is 347 g/mol. The number of benzene rings is 2. The third-order valence-corrected chi connectivity index (χ3v) is 6.65. The minimum atomic E-state index is -0.167. The van der Waals surface area contributed by atoms with Gasteiger partial charge in [0.2, 0.25) is 0 Å². The van der Waals surface area contributed by atoms with Crippen LogP contribution >= 0.6 is 27.3 Å². The highest BCUT2D eigenvalue weighted by Gasteiger charge is 2.17. The van der Waals surface area contributed by atoms with Crippen LogP contribution in [-0.2, 0) is 12.8 Å². The summed E-state index contributed by atoms with van der Waals surface area (Å²) in [6.07, 6.45) is 3.68. The number of hydrogen-bond acceptors (Lipinski definition) is 1. The van der Waals surface area contributed by atoms with Crippen molar-refractivity contribution in [2.24, 2.45) is 0 Å². The molecule has 0 radical (unpaired) electrons. The fourth-order valence-electron chi connectivity index (χ4n) is 3.06. The van der Waals surface area contributed by atoms with Gasteiger partial charge in [0.25, 0.3) is 0 Å². The quantitative estimate of drug-likeness (QED) is 0.490. The average molecular weight is 361 g/mol. The van der Waals surface area contributed by atoms with Crippen LogP contribution in [-0.4, -0.2) is 0 Å². The summed E-state index contributed by atoms with van der Waals surface area (Å²) in [4.78, 5) is 1.41. The van der Waals surface area contributed by atoms with Crippen LogP contribution in [0.25, 0.3) is 10.1 Å². The predicted molar refractivity (Wildman–Crippen MR) is 91.0 cm³/mol. The van der Waals surface area contributed by atoms with Crippen LogP contribution in [0.15, 0.2) is 42.5 Å². The summed E-state index contributed by atoms with van der Waals surface area (Å²) in [5.74, 6) is -0.167.